The Balaban J connectivity index is 2.83. The van der Waals surface area contributed by atoms with E-state index in [1.54, 1.807) is 0 Å². The molecule has 0 aliphatic rings. The molecule has 0 spiro atoms. The Morgan fingerprint density at radius 1 is 0.846 bits per heavy atom. The molecular formula is C25H36O. The van der Waals surface area contributed by atoms with E-state index in [1.807, 2.05) is 6.92 Å². The molecule has 0 fully saturated rings. The van der Waals surface area contributed by atoms with Crippen molar-refractivity contribution in [2.45, 2.75) is 85.2 Å². The summed E-state index contributed by atoms with van der Waals surface area (Å²) in [5.41, 5.74) is 7.84. The molecule has 1 N–H and O–H groups in total. The van der Waals surface area contributed by atoms with Crippen molar-refractivity contribution in [1.82, 2.24) is 0 Å². The van der Waals surface area contributed by atoms with Crippen LogP contribution in [0.4, 0.5) is 0 Å². The molecule has 1 unspecified atom stereocenters. The van der Waals surface area contributed by atoms with E-state index < -0.39 is 6.10 Å². The lowest BCUT2D eigenvalue weighted by Crippen LogP contribution is -2.10. The lowest BCUT2D eigenvalue weighted by Gasteiger charge is -2.27. The van der Waals surface area contributed by atoms with Gasteiger partial charge >= 0.3 is 0 Å². The van der Waals surface area contributed by atoms with Crippen LogP contribution < -0.4 is 0 Å². The zero-order valence-electron chi connectivity index (χ0n) is 17.5. The summed E-state index contributed by atoms with van der Waals surface area (Å²) in [5, 5.41) is 10.7. The Morgan fingerprint density at radius 3 is 1.96 bits per heavy atom. The molecule has 0 saturated carbocycles. The molecule has 1 nitrogen and oxygen atoms in total. The lowest BCUT2D eigenvalue weighted by atomic mass is 9.78. The van der Waals surface area contributed by atoms with Gasteiger partial charge in [0, 0.05) is 0 Å². The molecule has 2 aromatic rings. The van der Waals surface area contributed by atoms with Crippen molar-refractivity contribution >= 4 is 0 Å². The van der Waals surface area contributed by atoms with Crippen LogP contribution in [0.25, 0.3) is 11.1 Å². The summed E-state index contributed by atoms with van der Waals surface area (Å²) in [6, 6.07) is 13.0. The van der Waals surface area contributed by atoms with Gasteiger partial charge in [-0.15, -0.1) is 0 Å². The van der Waals surface area contributed by atoms with Gasteiger partial charge in [-0.1, -0.05) is 83.9 Å². The molecule has 0 amide bonds. The second-order valence-electron chi connectivity index (χ2n) is 8.13. The standard InChI is InChI=1S/C25H36O/c1-7-8-10-15-21-22(17(2)3)16-23(18(4)5)24(19(6)26)25(21)20-13-11-9-12-14-20/h9,11-14,16-19,26H,7-8,10,15H2,1-6H3. The number of rotatable bonds is 8. The molecule has 1 atom stereocenters. The Kier molecular flexibility index (Phi) is 7.46. The van der Waals surface area contributed by atoms with Crippen LogP contribution in [-0.4, -0.2) is 5.11 Å². The summed E-state index contributed by atoms with van der Waals surface area (Å²) < 4.78 is 0. The molecule has 1 heteroatoms. The molecule has 0 aliphatic heterocycles. The molecule has 142 valence electrons. The summed E-state index contributed by atoms with van der Waals surface area (Å²) in [7, 11) is 0. The van der Waals surface area contributed by atoms with Gasteiger partial charge in [-0.2, -0.15) is 0 Å². The van der Waals surface area contributed by atoms with E-state index >= 15 is 0 Å². The molecule has 26 heavy (non-hydrogen) atoms. The van der Waals surface area contributed by atoms with Crippen LogP contribution in [0.1, 0.15) is 101 Å². The van der Waals surface area contributed by atoms with Crippen LogP contribution in [0.3, 0.4) is 0 Å². The van der Waals surface area contributed by atoms with Crippen LogP contribution in [0.5, 0.6) is 0 Å². The van der Waals surface area contributed by atoms with Gasteiger partial charge in [0.1, 0.15) is 0 Å². The first-order chi connectivity index (χ1) is 12.4. The van der Waals surface area contributed by atoms with E-state index in [2.05, 4.69) is 71.0 Å². The third-order valence-corrected chi connectivity index (χ3v) is 5.30. The SMILES string of the molecule is CCCCCc1c(C(C)C)cc(C(C)C)c(C(C)O)c1-c1ccccc1. The first kappa shape index (κ1) is 20.7. The van der Waals surface area contributed by atoms with Crippen molar-refractivity contribution in [1.29, 1.82) is 0 Å². The van der Waals surface area contributed by atoms with Gasteiger partial charge < -0.3 is 5.11 Å². The maximum atomic E-state index is 10.7. The third-order valence-electron chi connectivity index (χ3n) is 5.30. The molecule has 0 heterocycles. The van der Waals surface area contributed by atoms with E-state index in [0.29, 0.717) is 11.8 Å². The van der Waals surface area contributed by atoms with Crippen molar-refractivity contribution in [2.24, 2.45) is 0 Å². The summed E-state index contributed by atoms with van der Waals surface area (Å²) in [4.78, 5) is 0. The minimum absolute atomic E-state index is 0.393. The number of hydrogen-bond donors (Lipinski definition) is 1. The minimum Gasteiger partial charge on any atom is -0.389 e. The predicted molar refractivity (Wildman–Crippen MR) is 114 cm³/mol. The highest BCUT2D eigenvalue weighted by molar-refractivity contribution is 5.75. The third kappa shape index (κ3) is 4.57. The van der Waals surface area contributed by atoms with Gasteiger partial charge in [0.15, 0.2) is 0 Å². The van der Waals surface area contributed by atoms with Gasteiger partial charge in [0.05, 0.1) is 6.10 Å². The summed E-state index contributed by atoms with van der Waals surface area (Å²) in [6.07, 6.45) is 4.31. The zero-order chi connectivity index (χ0) is 19.3. The summed E-state index contributed by atoms with van der Waals surface area (Å²) in [5.74, 6) is 0.874. The Hall–Kier alpha value is -1.60. The van der Waals surface area contributed by atoms with Gasteiger partial charge in [-0.05, 0) is 65.0 Å². The zero-order valence-corrected chi connectivity index (χ0v) is 17.5. The molecule has 0 aliphatic carbocycles. The van der Waals surface area contributed by atoms with E-state index in [9.17, 15) is 5.11 Å². The fourth-order valence-corrected chi connectivity index (χ4v) is 3.98. The van der Waals surface area contributed by atoms with Gasteiger partial charge in [-0.25, -0.2) is 0 Å². The number of aliphatic hydroxyl groups is 1. The lowest BCUT2D eigenvalue weighted by molar-refractivity contribution is 0.198. The predicted octanol–water partition coefficient (Wildman–Crippen LogP) is 7.39. The Morgan fingerprint density at radius 2 is 1.46 bits per heavy atom. The van der Waals surface area contributed by atoms with Crippen LogP contribution in [0, 0.1) is 0 Å². The molecule has 2 rings (SSSR count). The van der Waals surface area contributed by atoms with E-state index in [1.165, 1.54) is 47.1 Å². The van der Waals surface area contributed by atoms with Crippen molar-refractivity contribution < 1.29 is 5.11 Å². The van der Waals surface area contributed by atoms with Crippen LogP contribution in [0.15, 0.2) is 36.4 Å². The maximum absolute atomic E-state index is 10.7. The highest BCUT2D eigenvalue weighted by atomic mass is 16.3. The van der Waals surface area contributed by atoms with Gasteiger partial charge in [0.2, 0.25) is 0 Å². The largest absolute Gasteiger partial charge is 0.389 e. The van der Waals surface area contributed by atoms with Crippen LogP contribution in [-0.2, 0) is 6.42 Å². The number of aliphatic hydroxyl groups excluding tert-OH is 1. The molecule has 0 aromatic heterocycles. The van der Waals surface area contributed by atoms with E-state index in [4.69, 9.17) is 0 Å². The van der Waals surface area contributed by atoms with E-state index in [-0.39, 0.29) is 0 Å². The van der Waals surface area contributed by atoms with Crippen LogP contribution >= 0.6 is 0 Å². The molecule has 0 bridgehead atoms. The van der Waals surface area contributed by atoms with Crippen molar-refractivity contribution in [2.75, 3.05) is 0 Å². The normalized spacial score (nSPS) is 12.8. The summed E-state index contributed by atoms with van der Waals surface area (Å²) in [6.45, 7) is 13.2. The summed E-state index contributed by atoms with van der Waals surface area (Å²) >= 11 is 0. The number of hydrogen-bond acceptors (Lipinski definition) is 1. The maximum Gasteiger partial charge on any atom is 0.0770 e. The van der Waals surface area contributed by atoms with Gasteiger partial charge in [-0.3, -0.25) is 0 Å². The van der Waals surface area contributed by atoms with Gasteiger partial charge in [0.25, 0.3) is 0 Å². The second kappa shape index (κ2) is 9.37. The first-order valence-corrected chi connectivity index (χ1v) is 10.3. The molecular weight excluding hydrogens is 316 g/mol. The van der Waals surface area contributed by atoms with Crippen molar-refractivity contribution in [3.05, 3.63) is 58.7 Å². The topological polar surface area (TPSA) is 20.2 Å². The average molecular weight is 353 g/mol. The molecule has 0 saturated heterocycles. The highest BCUT2D eigenvalue weighted by Gasteiger charge is 2.24. The Bertz CT molecular complexity index is 696. The van der Waals surface area contributed by atoms with Crippen molar-refractivity contribution in [3.63, 3.8) is 0 Å². The minimum atomic E-state index is -0.464. The average Bonchev–Trinajstić information content (AvgIpc) is 2.61. The fourth-order valence-electron chi connectivity index (χ4n) is 3.98. The van der Waals surface area contributed by atoms with Crippen molar-refractivity contribution in [3.8, 4) is 11.1 Å². The monoisotopic (exact) mass is 352 g/mol. The first-order valence-electron chi connectivity index (χ1n) is 10.3. The number of unbranched alkanes of at least 4 members (excludes halogenated alkanes) is 2. The quantitative estimate of drug-likeness (QED) is 0.491. The smallest absolute Gasteiger partial charge is 0.0770 e. The highest BCUT2D eigenvalue weighted by Crippen LogP contribution is 2.41. The Labute approximate surface area is 160 Å². The van der Waals surface area contributed by atoms with Crippen LogP contribution in [0.2, 0.25) is 0 Å². The molecule has 0 radical (unpaired) electrons. The fraction of sp³-hybridized carbons (Fsp3) is 0.520. The molecule has 2 aromatic carbocycles. The second-order valence-corrected chi connectivity index (χ2v) is 8.13. The number of benzene rings is 2. The van der Waals surface area contributed by atoms with E-state index in [0.717, 1.165) is 12.0 Å².